The van der Waals surface area contributed by atoms with Crippen molar-refractivity contribution in [1.82, 2.24) is 0 Å². The van der Waals surface area contributed by atoms with Crippen molar-refractivity contribution in [2.75, 3.05) is 13.2 Å². The van der Waals surface area contributed by atoms with Gasteiger partial charge in [-0.2, -0.15) is 0 Å². The maximum absolute atomic E-state index is 12.7. The van der Waals surface area contributed by atoms with Gasteiger partial charge in [0, 0.05) is 12.8 Å². The number of allylic oxidation sites excluding steroid dienone is 11. The zero-order valence-electron chi connectivity index (χ0n) is 40.6. The zero-order chi connectivity index (χ0) is 45.1. The molecule has 0 aliphatic heterocycles. The van der Waals surface area contributed by atoms with Crippen LogP contribution in [0, 0.1) is 0 Å². The fraction of sp³-hybridized carbons (Fsp3) is 0.732. The Morgan fingerprint density at radius 1 is 0.355 bits per heavy atom. The minimum absolute atomic E-state index is 0.0971. The Bertz CT molecular complexity index is 1180. The quantitative estimate of drug-likeness (QED) is 0.0262. The molecule has 0 fully saturated rings. The highest BCUT2D eigenvalue weighted by Gasteiger charge is 2.19. The second-order valence-electron chi connectivity index (χ2n) is 17.1. The highest BCUT2D eigenvalue weighted by molar-refractivity contribution is 5.72. The molecule has 0 bridgehead atoms. The van der Waals surface area contributed by atoms with Gasteiger partial charge in [-0.15, -0.1) is 0 Å². The van der Waals surface area contributed by atoms with Crippen LogP contribution in [0.4, 0.5) is 0 Å². The summed E-state index contributed by atoms with van der Waals surface area (Å²) in [5.74, 6) is -1.05. The second-order valence-corrected chi connectivity index (χ2v) is 17.1. The van der Waals surface area contributed by atoms with Crippen molar-refractivity contribution in [3.05, 3.63) is 72.9 Å². The van der Waals surface area contributed by atoms with Crippen molar-refractivity contribution in [3.8, 4) is 0 Å². The first-order chi connectivity index (χ1) is 30.5. The van der Waals surface area contributed by atoms with Crippen molar-refractivity contribution in [2.45, 2.75) is 252 Å². The molecule has 0 radical (unpaired) electrons. The molecule has 6 nitrogen and oxygen atoms in total. The van der Waals surface area contributed by atoms with Crippen LogP contribution in [0.5, 0.6) is 0 Å². The average Bonchev–Trinajstić information content (AvgIpc) is 3.27. The second kappa shape index (κ2) is 50.5. The summed E-state index contributed by atoms with van der Waals surface area (Å²) < 4.78 is 16.7. The fourth-order valence-corrected chi connectivity index (χ4v) is 7.10. The van der Waals surface area contributed by atoms with E-state index >= 15 is 0 Å². The van der Waals surface area contributed by atoms with Gasteiger partial charge in [-0.3, -0.25) is 14.4 Å². The molecule has 0 aromatic rings. The Kier molecular flexibility index (Phi) is 47.9. The number of rotatable bonds is 46. The number of hydrogen-bond donors (Lipinski definition) is 0. The standard InChI is InChI=1S/C56H96O6/c1-4-7-10-13-16-19-22-25-27-29-31-34-37-40-43-46-49-55(58)61-52-53(51-60-54(57)48-45-42-39-36-33-30-24-21-18-15-12-9-6-3)62-56(59)50-47-44-41-38-35-32-28-26-23-20-17-14-11-8-5-2/h8,11,17,20-21,24,26,28,35,38,44,47,53H,4-7,9-10,12-16,18-19,22-23,25,27,29-34,36-37,39-43,45-46,48-52H2,1-3H3/b11-8-,20-17-,24-21-,28-26-,38-35-,47-44-. The van der Waals surface area contributed by atoms with E-state index in [4.69, 9.17) is 14.2 Å². The highest BCUT2D eigenvalue weighted by atomic mass is 16.6. The number of carbonyl (C=O) groups is 3. The molecule has 0 aromatic carbocycles. The molecule has 0 spiro atoms. The topological polar surface area (TPSA) is 78.9 Å². The van der Waals surface area contributed by atoms with Crippen molar-refractivity contribution in [1.29, 1.82) is 0 Å². The summed E-state index contributed by atoms with van der Waals surface area (Å²) in [6, 6.07) is 0. The molecule has 0 aliphatic carbocycles. The zero-order valence-corrected chi connectivity index (χ0v) is 40.6. The lowest BCUT2D eigenvalue weighted by atomic mass is 10.0. The molecule has 0 amide bonds. The lowest BCUT2D eigenvalue weighted by molar-refractivity contribution is -0.166. The first-order valence-electron chi connectivity index (χ1n) is 25.9. The van der Waals surface area contributed by atoms with Crippen LogP contribution in [0.2, 0.25) is 0 Å². The Morgan fingerprint density at radius 3 is 1.06 bits per heavy atom. The Labute approximate surface area is 382 Å². The van der Waals surface area contributed by atoms with Crippen LogP contribution in [-0.4, -0.2) is 37.2 Å². The molecule has 0 heterocycles. The van der Waals surface area contributed by atoms with Crippen LogP contribution in [0.25, 0.3) is 0 Å². The summed E-state index contributed by atoms with van der Waals surface area (Å²) >= 11 is 0. The molecule has 0 aromatic heterocycles. The molecule has 62 heavy (non-hydrogen) atoms. The van der Waals surface area contributed by atoms with Crippen molar-refractivity contribution in [2.24, 2.45) is 0 Å². The summed E-state index contributed by atoms with van der Waals surface area (Å²) in [7, 11) is 0. The molecule has 0 saturated carbocycles. The van der Waals surface area contributed by atoms with Gasteiger partial charge >= 0.3 is 17.9 Å². The summed E-state index contributed by atoms with van der Waals surface area (Å²) in [5.41, 5.74) is 0. The van der Waals surface area contributed by atoms with Crippen molar-refractivity contribution < 1.29 is 28.6 Å². The van der Waals surface area contributed by atoms with Gasteiger partial charge in [-0.1, -0.05) is 229 Å². The van der Waals surface area contributed by atoms with Crippen LogP contribution < -0.4 is 0 Å². The third-order valence-electron chi connectivity index (χ3n) is 11.0. The lowest BCUT2D eigenvalue weighted by Crippen LogP contribution is -2.30. The van der Waals surface area contributed by atoms with E-state index in [-0.39, 0.29) is 31.6 Å². The SMILES string of the molecule is CC/C=C\C/C=C\C/C=C\C/C=C\C/C=C\CC(=O)OC(COC(=O)CCCCCCC/C=C\CCCCCC)COC(=O)CCCCCCCCCCCCCCCCCC. The van der Waals surface area contributed by atoms with E-state index in [1.165, 1.54) is 122 Å². The molecular formula is C56H96O6. The molecule has 1 atom stereocenters. The van der Waals surface area contributed by atoms with E-state index in [1.54, 1.807) is 6.08 Å². The van der Waals surface area contributed by atoms with E-state index in [1.807, 2.05) is 6.08 Å². The smallest absolute Gasteiger partial charge is 0.310 e. The van der Waals surface area contributed by atoms with Crippen LogP contribution in [0.3, 0.4) is 0 Å². The number of esters is 3. The first-order valence-corrected chi connectivity index (χ1v) is 25.9. The van der Waals surface area contributed by atoms with Gasteiger partial charge in [0.1, 0.15) is 13.2 Å². The van der Waals surface area contributed by atoms with Gasteiger partial charge in [-0.25, -0.2) is 0 Å². The summed E-state index contributed by atoms with van der Waals surface area (Å²) in [4.78, 5) is 37.9. The lowest BCUT2D eigenvalue weighted by Gasteiger charge is -2.18. The van der Waals surface area contributed by atoms with Crippen molar-refractivity contribution in [3.63, 3.8) is 0 Å². The third-order valence-corrected chi connectivity index (χ3v) is 11.0. The van der Waals surface area contributed by atoms with E-state index in [2.05, 4.69) is 81.5 Å². The Hall–Kier alpha value is -3.15. The molecule has 1 unspecified atom stereocenters. The minimum Gasteiger partial charge on any atom is -0.462 e. The largest absolute Gasteiger partial charge is 0.462 e. The summed E-state index contributed by atoms with van der Waals surface area (Å²) in [5, 5.41) is 0. The molecule has 0 N–H and O–H groups in total. The number of carbonyl (C=O) groups excluding carboxylic acids is 3. The van der Waals surface area contributed by atoms with Crippen LogP contribution in [0.1, 0.15) is 245 Å². The van der Waals surface area contributed by atoms with Crippen molar-refractivity contribution >= 4 is 17.9 Å². The van der Waals surface area contributed by atoms with Gasteiger partial charge in [0.15, 0.2) is 6.10 Å². The molecule has 0 rings (SSSR count). The maximum atomic E-state index is 12.7. The monoisotopic (exact) mass is 865 g/mol. The molecular weight excluding hydrogens is 769 g/mol. The molecule has 0 aliphatic rings. The van der Waals surface area contributed by atoms with Gasteiger partial charge in [0.2, 0.25) is 0 Å². The third kappa shape index (κ3) is 47.9. The highest BCUT2D eigenvalue weighted by Crippen LogP contribution is 2.15. The number of unbranched alkanes of at least 4 members (excludes halogenated alkanes) is 24. The average molecular weight is 865 g/mol. The fourth-order valence-electron chi connectivity index (χ4n) is 7.10. The van der Waals surface area contributed by atoms with Crippen LogP contribution >= 0.6 is 0 Å². The van der Waals surface area contributed by atoms with E-state index in [0.717, 1.165) is 83.5 Å². The van der Waals surface area contributed by atoms with Gasteiger partial charge < -0.3 is 14.2 Å². The molecule has 0 saturated heterocycles. The van der Waals surface area contributed by atoms with E-state index < -0.39 is 12.1 Å². The number of hydrogen-bond acceptors (Lipinski definition) is 6. The van der Waals surface area contributed by atoms with Gasteiger partial charge in [0.25, 0.3) is 0 Å². The molecule has 6 heteroatoms. The van der Waals surface area contributed by atoms with Gasteiger partial charge in [0.05, 0.1) is 6.42 Å². The molecule has 356 valence electrons. The van der Waals surface area contributed by atoms with Crippen LogP contribution in [0.15, 0.2) is 72.9 Å². The Morgan fingerprint density at radius 2 is 0.677 bits per heavy atom. The maximum Gasteiger partial charge on any atom is 0.310 e. The minimum atomic E-state index is -0.830. The van der Waals surface area contributed by atoms with E-state index in [0.29, 0.717) is 12.8 Å². The van der Waals surface area contributed by atoms with Crippen LogP contribution in [-0.2, 0) is 28.6 Å². The number of ether oxygens (including phenoxy) is 3. The predicted molar refractivity (Wildman–Crippen MR) is 265 cm³/mol. The van der Waals surface area contributed by atoms with Gasteiger partial charge in [-0.05, 0) is 70.6 Å². The Balaban J connectivity index is 4.49. The normalized spacial score (nSPS) is 12.6. The predicted octanol–water partition coefficient (Wildman–Crippen LogP) is 17.0. The summed E-state index contributed by atoms with van der Waals surface area (Å²) in [6.07, 6.45) is 63.4. The summed E-state index contributed by atoms with van der Waals surface area (Å²) in [6.45, 7) is 6.43. The van der Waals surface area contributed by atoms with E-state index in [9.17, 15) is 14.4 Å². The first kappa shape index (κ1) is 58.9.